The summed E-state index contributed by atoms with van der Waals surface area (Å²) in [5, 5.41) is 9.08. The Labute approximate surface area is 307 Å². The maximum Gasteiger partial charge on any atom is 0.206 e. The fourth-order valence-electron chi connectivity index (χ4n) is 5.80. The van der Waals surface area contributed by atoms with Crippen LogP contribution < -0.4 is 10.1 Å². The van der Waals surface area contributed by atoms with E-state index in [2.05, 4.69) is 86.0 Å². The summed E-state index contributed by atoms with van der Waals surface area (Å²) < 4.78 is 33.5. The molecule has 0 fully saturated rings. The van der Waals surface area contributed by atoms with Gasteiger partial charge in [-0.05, 0) is 97.6 Å². The first kappa shape index (κ1) is 38.0. The van der Waals surface area contributed by atoms with E-state index in [9.17, 15) is 13.2 Å². The lowest BCUT2D eigenvalue weighted by molar-refractivity contribution is -0.116. The van der Waals surface area contributed by atoms with Crippen molar-refractivity contribution in [2.24, 2.45) is 0 Å². The molecule has 8 nitrogen and oxygen atoms in total. The molecule has 6 aromatic rings. The second kappa shape index (κ2) is 15.9. The number of nitrogens with zero attached hydrogens (tertiary/aromatic N) is 3. The first-order valence-electron chi connectivity index (χ1n) is 17.4. The largest absolute Gasteiger partial charge is 0.497 e. The Kier molecular flexibility index (Phi) is 11.6. The highest BCUT2D eigenvalue weighted by molar-refractivity contribution is 7.91. The fraction of sp³-hybridized carbons (Fsp3) is 0.279. The predicted molar refractivity (Wildman–Crippen MR) is 210 cm³/mol. The number of benzene rings is 4. The second-order valence-electron chi connectivity index (χ2n) is 14.4. The van der Waals surface area contributed by atoms with E-state index >= 15 is 0 Å². The van der Waals surface area contributed by atoms with Crippen LogP contribution in [0.1, 0.15) is 75.7 Å². The number of ether oxygens (including phenoxy) is 1. The van der Waals surface area contributed by atoms with Crippen molar-refractivity contribution in [3.05, 3.63) is 137 Å². The molecule has 0 spiro atoms. The number of carbonyl (C=O) groups is 1. The minimum atomic E-state index is -3.66. The van der Waals surface area contributed by atoms with Gasteiger partial charge in [0.1, 0.15) is 11.5 Å². The highest BCUT2D eigenvalue weighted by Gasteiger charge is 2.21. The number of ketones is 1. The van der Waals surface area contributed by atoms with Crippen LogP contribution in [0.25, 0.3) is 10.9 Å². The molecule has 0 unspecified atom stereocenters. The molecule has 0 saturated heterocycles. The molecular formula is C43H48N4O4S. The van der Waals surface area contributed by atoms with Crippen LogP contribution in [0.2, 0.25) is 0 Å². The van der Waals surface area contributed by atoms with Crippen molar-refractivity contribution < 1.29 is 17.9 Å². The van der Waals surface area contributed by atoms with Crippen LogP contribution in [-0.2, 0) is 33.0 Å². The molecular weight excluding hydrogens is 669 g/mol. The third-order valence-corrected chi connectivity index (χ3v) is 10.4. The molecule has 0 amide bonds. The van der Waals surface area contributed by atoms with Gasteiger partial charge in [0.2, 0.25) is 9.84 Å². The van der Waals surface area contributed by atoms with Gasteiger partial charge in [-0.15, -0.1) is 0 Å². The standard InChI is InChI=1S/C26H24N2O4S.C17H24N2/c1-17-14-26(24-16-21(32-3)8-13-25(24)27-17)28-20-6-11-23(12-7-20)33(30,31)22-9-4-19(5-10-22)15-18(2)29;1-13(2)15-11-16(17(3,4)5)18-19(15)12-14-9-7-6-8-10-14/h4-14,16H,15H2,1-3H3,(H,27,28);6-11,13H,12H2,1-5H3. The van der Waals surface area contributed by atoms with Crippen molar-refractivity contribution >= 4 is 37.9 Å². The van der Waals surface area contributed by atoms with Crippen molar-refractivity contribution in [2.75, 3.05) is 12.4 Å². The molecule has 0 aliphatic carbocycles. The van der Waals surface area contributed by atoms with Crippen LogP contribution in [0.5, 0.6) is 5.75 Å². The van der Waals surface area contributed by atoms with E-state index in [-0.39, 0.29) is 27.4 Å². The molecule has 0 saturated carbocycles. The van der Waals surface area contributed by atoms with E-state index in [1.807, 2.05) is 31.2 Å². The minimum Gasteiger partial charge on any atom is -0.497 e. The number of hydrogen-bond acceptors (Lipinski definition) is 7. The zero-order chi connectivity index (χ0) is 37.6. The number of Topliss-reactive ketones (excluding diaryl/α,β-unsaturated/α-hetero) is 1. The lowest BCUT2D eigenvalue weighted by Crippen LogP contribution is -2.13. The summed E-state index contributed by atoms with van der Waals surface area (Å²) in [6, 6.07) is 33.5. The first-order valence-corrected chi connectivity index (χ1v) is 18.9. The number of rotatable bonds is 10. The second-order valence-corrected chi connectivity index (χ2v) is 16.3. The van der Waals surface area contributed by atoms with E-state index < -0.39 is 9.84 Å². The number of carbonyl (C=O) groups excluding carboxylic acids is 1. The molecule has 270 valence electrons. The monoisotopic (exact) mass is 716 g/mol. The van der Waals surface area contributed by atoms with Gasteiger partial charge >= 0.3 is 0 Å². The van der Waals surface area contributed by atoms with E-state index in [1.165, 1.54) is 23.9 Å². The van der Waals surface area contributed by atoms with Crippen LogP contribution >= 0.6 is 0 Å². The van der Waals surface area contributed by atoms with E-state index in [1.54, 1.807) is 55.6 Å². The summed E-state index contributed by atoms with van der Waals surface area (Å²) in [5.74, 6) is 1.25. The molecule has 2 heterocycles. The Bertz CT molecular complexity index is 2250. The number of methoxy groups -OCH3 is 1. The lowest BCUT2D eigenvalue weighted by atomic mass is 9.92. The average molecular weight is 717 g/mol. The highest BCUT2D eigenvalue weighted by Crippen LogP contribution is 2.31. The minimum absolute atomic E-state index is 0.0318. The predicted octanol–water partition coefficient (Wildman–Crippen LogP) is 9.61. The van der Waals surface area contributed by atoms with Crippen molar-refractivity contribution in [3.63, 3.8) is 0 Å². The number of nitrogens with one attached hydrogen (secondary N) is 1. The molecule has 1 N–H and O–H groups in total. The van der Waals surface area contributed by atoms with E-state index in [0.717, 1.165) is 45.8 Å². The summed E-state index contributed by atoms with van der Waals surface area (Å²) in [6.07, 6.45) is 0.287. The SMILES string of the molecule is CC(C)c1cc(C(C)(C)C)nn1Cc1ccccc1.COc1ccc2nc(C)cc(Nc3ccc(S(=O)(=O)c4ccc(CC(C)=O)cc4)cc3)c2c1. The third kappa shape index (κ3) is 9.33. The van der Waals surface area contributed by atoms with Gasteiger partial charge in [-0.1, -0.05) is 77.1 Å². The Morgan fingerprint density at radius 2 is 1.48 bits per heavy atom. The summed E-state index contributed by atoms with van der Waals surface area (Å²) in [5.41, 5.74) is 7.99. The number of hydrogen-bond donors (Lipinski definition) is 1. The zero-order valence-electron chi connectivity index (χ0n) is 31.3. The molecule has 0 aliphatic heterocycles. The van der Waals surface area contributed by atoms with Crippen LogP contribution in [0.15, 0.2) is 119 Å². The van der Waals surface area contributed by atoms with Crippen LogP contribution in [-0.4, -0.2) is 36.1 Å². The summed E-state index contributed by atoms with van der Waals surface area (Å²) in [6.45, 7) is 15.4. The van der Waals surface area contributed by atoms with Crippen molar-refractivity contribution in [3.8, 4) is 5.75 Å². The van der Waals surface area contributed by atoms with Gasteiger partial charge < -0.3 is 10.1 Å². The molecule has 0 bridgehead atoms. The van der Waals surface area contributed by atoms with Gasteiger partial charge in [0.25, 0.3) is 0 Å². The topological polar surface area (TPSA) is 103 Å². The maximum atomic E-state index is 13.0. The number of fused-ring (bicyclic) bond motifs is 1. The van der Waals surface area contributed by atoms with Crippen molar-refractivity contribution in [1.82, 2.24) is 14.8 Å². The number of anilines is 2. The Morgan fingerprint density at radius 1 is 0.846 bits per heavy atom. The average Bonchev–Trinajstić information content (AvgIpc) is 3.54. The van der Waals surface area contributed by atoms with Crippen LogP contribution in [0.4, 0.5) is 11.4 Å². The Balaban J connectivity index is 0.000000233. The van der Waals surface area contributed by atoms with Gasteiger partial charge in [-0.25, -0.2) is 8.42 Å². The zero-order valence-corrected chi connectivity index (χ0v) is 32.1. The van der Waals surface area contributed by atoms with Gasteiger partial charge in [0, 0.05) is 40.0 Å². The maximum absolute atomic E-state index is 13.0. The molecule has 52 heavy (non-hydrogen) atoms. The summed E-state index contributed by atoms with van der Waals surface area (Å²) >= 11 is 0. The first-order chi connectivity index (χ1) is 24.6. The molecule has 4 aromatic carbocycles. The van der Waals surface area contributed by atoms with Gasteiger partial charge in [0.05, 0.1) is 34.7 Å². The van der Waals surface area contributed by atoms with Crippen molar-refractivity contribution in [2.45, 2.75) is 82.6 Å². The number of aryl methyl sites for hydroxylation is 1. The lowest BCUT2D eigenvalue weighted by Gasteiger charge is -2.14. The van der Waals surface area contributed by atoms with Gasteiger partial charge in [0.15, 0.2) is 0 Å². The molecule has 6 rings (SSSR count). The third-order valence-electron chi connectivity index (χ3n) is 8.62. The van der Waals surface area contributed by atoms with Crippen molar-refractivity contribution in [1.29, 1.82) is 0 Å². The number of sulfone groups is 1. The van der Waals surface area contributed by atoms with Crippen LogP contribution in [0, 0.1) is 6.92 Å². The smallest absolute Gasteiger partial charge is 0.206 e. The molecule has 0 atom stereocenters. The van der Waals surface area contributed by atoms with E-state index in [4.69, 9.17) is 9.84 Å². The van der Waals surface area contributed by atoms with Crippen LogP contribution in [0.3, 0.4) is 0 Å². The summed E-state index contributed by atoms with van der Waals surface area (Å²) in [7, 11) is -2.05. The van der Waals surface area contributed by atoms with Gasteiger partial charge in [-0.3, -0.25) is 14.5 Å². The highest BCUT2D eigenvalue weighted by atomic mass is 32.2. The number of aromatic nitrogens is 3. The van der Waals surface area contributed by atoms with Gasteiger partial charge in [-0.2, -0.15) is 5.10 Å². The Hall–Kier alpha value is -5.28. The van der Waals surface area contributed by atoms with E-state index in [0.29, 0.717) is 5.92 Å². The molecule has 0 radical (unpaired) electrons. The quantitative estimate of drug-likeness (QED) is 0.151. The fourth-order valence-corrected chi connectivity index (χ4v) is 7.06. The molecule has 9 heteroatoms. The summed E-state index contributed by atoms with van der Waals surface area (Å²) in [4.78, 5) is 16.2. The number of pyridine rings is 1. The normalized spacial score (nSPS) is 11.6. The molecule has 2 aromatic heterocycles. The molecule has 0 aliphatic rings. The Morgan fingerprint density at radius 3 is 2.06 bits per heavy atom.